The van der Waals surface area contributed by atoms with Gasteiger partial charge in [0.2, 0.25) is 0 Å². The molecule has 0 heterocycles. The molecule has 1 N–H and O–H groups in total. The van der Waals surface area contributed by atoms with Gasteiger partial charge in [-0.3, -0.25) is 0 Å². The third-order valence-corrected chi connectivity index (χ3v) is 4.81. The first-order valence-corrected chi connectivity index (χ1v) is 8.97. The van der Waals surface area contributed by atoms with Gasteiger partial charge >= 0.3 is 0 Å². The molecule has 0 radical (unpaired) electrons. The lowest BCUT2D eigenvalue weighted by molar-refractivity contribution is 0.511. The molecule has 0 bridgehead atoms. The third kappa shape index (κ3) is 4.14. The van der Waals surface area contributed by atoms with Crippen molar-refractivity contribution < 1.29 is 0 Å². The van der Waals surface area contributed by atoms with Gasteiger partial charge in [-0.15, -0.1) is 0 Å². The zero-order valence-electron chi connectivity index (χ0n) is 14.2. The van der Waals surface area contributed by atoms with E-state index in [9.17, 15) is 0 Å². The molecule has 23 heavy (non-hydrogen) atoms. The molecule has 0 saturated carbocycles. The fourth-order valence-corrected chi connectivity index (χ4v) is 3.59. The lowest BCUT2D eigenvalue weighted by atomic mass is 9.87. The Bertz CT molecular complexity index is 594. The van der Waals surface area contributed by atoms with E-state index in [1.54, 1.807) is 5.56 Å². The molecular formula is C21H28N2. The standard InChI is InChI=1S/C21H28N2/c1-2-14-22-15-16-23(20-10-4-3-5-11-20)21-13-12-18-8-6-7-9-19(18)17-21/h3-11,21-22H,2,12-17H2,1H3. The van der Waals surface area contributed by atoms with E-state index in [4.69, 9.17) is 0 Å². The van der Waals surface area contributed by atoms with Crippen LogP contribution in [0.2, 0.25) is 0 Å². The molecule has 3 rings (SSSR count). The molecule has 2 aromatic carbocycles. The van der Waals surface area contributed by atoms with Gasteiger partial charge in [0, 0.05) is 24.8 Å². The predicted molar refractivity (Wildman–Crippen MR) is 99.2 cm³/mol. The zero-order chi connectivity index (χ0) is 15.9. The van der Waals surface area contributed by atoms with Crippen molar-refractivity contribution in [3.05, 3.63) is 65.7 Å². The highest BCUT2D eigenvalue weighted by Gasteiger charge is 2.24. The molecule has 2 nitrogen and oxygen atoms in total. The lowest BCUT2D eigenvalue weighted by Gasteiger charge is -2.37. The van der Waals surface area contributed by atoms with E-state index < -0.39 is 0 Å². The van der Waals surface area contributed by atoms with Crippen molar-refractivity contribution >= 4 is 5.69 Å². The Labute approximate surface area is 140 Å². The van der Waals surface area contributed by atoms with Crippen molar-refractivity contribution in [3.63, 3.8) is 0 Å². The zero-order valence-corrected chi connectivity index (χ0v) is 14.2. The first kappa shape index (κ1) is 16.1. The number of para-hydroxylation sites is 1. The van der Waals surface area contributed by atoms with Crippen LogP contribution in [0.25, 0.3) is 0 Å². The van der Waals surface area contributed by atoms with Gasteiger partial charge in [-0.2, -0.15) is 0 Å². The summed E-state index contributed by atoms with van der Waals surface area (Å²) in [5.74, 6) is 0. The molecule has 122 valence electrons. The molecule has 1 aliphatic carbocycles. The Hall–Kier alpha value is -1.80. The maximum atomic E-state index is 3.55. The molecule has 2 heteroatoms. The van der Waals surface area contributed by atoms with E-state index in [2.05, 4.69) is 71.7 Å². The average molecular weight is 308 g/mol. The Morgan fingerprint density at radius 1 is 0.957 bits per heavy atom. The number of benzene rings is 2. The normalized spacial score (nSPS) is 16.8. The Morgan fingerprint density at radius 2 is 1.70 bits per heavy atom. The number of nitrogens with zero attached hydrogens (tertiary/aromatic N) is 1. The van der Waals surface area contributed by atoms with E-state index in [0.717, 1.165) is 19.6 Å². The van der Waals surface area contributed by atoms with Gasteiger partial charge in [-0.05, 0) is 55.5 Å². The summed E-state index contributed by atoms with van der Waals surface area (Å²) < 4.78 is 0. The second-order valence-electron chi connectivity index (χ2n) is 6.44. The molecule has 0 saturated heterocycles. The lowest BCUT2D eigenvalue weighted by Crippen LogP contribution is -2.43. The monoisotopic (exact) mass is 308 g/mol. The minimum atomic E-state index is 0.607. The highest BCUT2D eigenvalue weighted by Crippen LogP contribution is 2.27. The average Bonchev–Trinajstić information content (AvgIpc) is 2.62. The van der Waals surface area contributed by atoms with Gasteiger partial charge < -0.3 is 10.2 Å². The van der Waals surface area contributed by atoms with Gasteiger partial charge in [-0.1, -0.05) is 49.4 Å². The minimum absolute atomic E-state index is 0.607. The van der Waals surface area contributed by atoms with Crippen LogP contribution in [0.1, 0.15) is 30.9 Å². The van der Waals surface area contributed by atoms with Crippen molar-refractivity contribution in [2.75, 3.05) is 24.5 Å². The van der Waals surface area contributed by atoms with Gasteiger partial charge in [0.1, 0.15) is 0 Å². The summed E-state index contributed by atoms with van der Waals surface area (Å²) in [6, 6.07) is 20.5. The van der Waals surface area contributed by atoms with Gasteiger partial charge in [0.15, 0.2) is 0 Å². The van der Waals surface area contributed by atoms with Crippen LogP contribution in [-0.2, 0) is 12.8 Å². The molecule has 1 aliphatic rings. The molecule has 2 aromatic rings. The van der Waals surface area contributed by atoms with Crippen molar-refractivity contribution in [3.8, 4) is 0 Å². The predicted octanol–water partition coefficient (Wildman–Crippen LogP) is 4.05. The van der Waals surface area contributed by atoms with Crippen molar-refractivity contribution in [1.29, 1.82) is 0 Å². The van der Waals surface area contributed by atoms with Crippen LogP contribution in [0.4, 0.5) is 5.69 Å². The minimum Gasteiger partial charge on any atom is -0.367 e. The highest BCUT2D eigenvalue weighted by molar-refractivity contribution is 5.48. The first-order valence-electron chi connectivity index (χ1n) is 8.97. The van der Waals surface area contributed by atoms with Crippen LogP contribution in [-0.4, -0.2) is 25.7 Å². The summed E-state index contributed by atoms with van der Waals surface area (Å²) in [6.45, 7) is 5.47. The maximum Gasteiger partial charge on any atom is 0.0369 e. The molecule has 0 spiro atoms. The molecule has 0 aromatic heterocycles. The molecule has 1 atom stereocenters. The second kappa shape index (κ2) is 8.16. The second-order valence-corrected chi connectivity index (χ2v) is 6.44. The third-order valence-electron chi connectivity index (χ3n) is 4.81. The van der Waals surface area contributed by atoms with Crippen LogP contribution >= 0.6 is 0 Å². The summed E-state index contributed by atoms with van der Waals surface area (Å²) in [5, 5.41) is 3.55. The van der Waals surface area contributed by atoms with Crippen molar-refractivity contribution in [2.24, 2.45) is 0 Å². The van der Waals surface area contributed by atoms with Gasteiger partial charge in [0.05, 0.1) is 0 Å². The summed E-state index contributed by atoms with van der Waals surface area (Å²) in [6.07, 6.45) is 4.81. The number of hydrogen-bond donors (Lipinski definition) is 1. The number of hydrogen-bond acceptors (Lipinski definition) is 2. The molecule has 0 amide bonds. The molecule has 1 unspecified atom stereocenters. The van der Waals surface area contributed by atoms with E-state index in [-0.39, 0.29) is 0 Å². The van der Waals surface area contributed by atoms with Crippen molar-refractivity contribution in [2.45, 2.75) is 38.6 Å². The number of fused-ring (bicyclic) bond motifs is 1. The summed E-state index contributed by atoms with van der Waals surface area (Å²) >= 11 is 0. The number of anilines is 1. The summed E-state index contributed by atoms with van der Waals surface area (Å²) in [4.78, 5) is 2.61. The van der Waals surface area contributed by atoms with Crippen molar-refractivity contribution in [1.82, 2.24) is 5.32 Å². The maximum absolute atomic E-state index is 3.55. The summed E-state index contributed by atoms with van der Waals surface area (Å²) in [7, 11) is 0. The van der Waals surface area contributed by atoms with Crippen LogP contribution in [0.5, 0.6) is 0 Å². The van der Waals surface area contributed by atoms with Crippen LogP contribution in [0.3, 0.4) is 0 Å². The molecule has 0 aliphatic heterocycles. The summed E-state index contributed by atoms with van der Waals surface area (Å²) in [5.41, 5.74) is 4.43. The van der Waals surface area contributed by atoms with Gasteiger partial charge in [-0.25, -0.2) is 0 Å². The molecular weight excluding hydrogens is 280 g/mol. The smallest absolute Gasteiger partial charge is 0.0369 e. The topological polar surface area (TPSA) is 15.3 Å². The Morgan fingerprint density at radius 3 is 2.48 bits per heavy atom. The Balaban J connectivity index is 1.73. The van der Waals surface area contributed by atoms with E-state index in [0.29, 0.717) is 6.04 Å². The van der Waals surface area contributed by atoms with E-state index in [1.165, 1.54) is 36.9 Å². The number of nitrogens with one attached hydrogen (secondary N) is 1. The largest absolute Gasteiger partial charge is 0.367 e. The fourth-order valence-electron chi connectivity index (χ4n) is 3.59. The SMILES string of the molecule is CCCNCCN(c1ccccc1)C1CCc2ccccc2C1. The van der Waals surface area contributed by atoms with Crippen LogP contribution in [0.15, 0.2) is 54.6 Å². The van der Waals surface area contributed by atoms with Crippen LogP contribution < -0.4 is 10.2 Å². The number of rotatable bonds is 7. The number of aryl methyl sites for hydroxylation is 1. The first-order chi connectivity index (χ1) is 11.4. The fraction of sp³-hybridized carbons (Fsp3) is 0.429. The van der Waals surface area contributed by atoms with Gasteiger partial charge in [0.25, 0.3) is 0 Å². The van der Waals surface area contributed by atoms with E-state index >= 15 is 0 Å². The van der Waals surface area contributed by atoms with Crippen LogP contribution in [0, 0.1) is 0 Å². The Kier molecular flexibility index (Phi) is 5.71. The highest BCUT2D eigenvalue weighted by atomic mass is 15.2. The quantitative estimate of drug-likeness (QED) is 0.776. The molecule has 0 fully saturated rings. The van der Waals surface area contributed by atoms with E-state index in [1.807, 2.05) is 0 Å².